The van der Waals surface area contributed by atoms with Crippen LogP contribution >= 0.6 is 0 Å². The van der Waals surface area contributed by atoms with E-state index in [1.54, 1.807) is 16.4 Å². The fourth-order valence-electron chi connectivity index (χ4n) is 3.81. The zero-order chi connectivity index (χ0) is 27.8. The molecule has 0 N–H and O–H groups in total. The summed E-state index contributed by atoms with van der Waals surface area (Å²) in [7, 11) is -3.39. The number of sulfonamides is 1. The molecule has 0 spiro atoms. The first-order valence-corrected chi connectivity index (χ1v) is 13.2. The molecule has 8 heteroatoms. The third-order valence-electron chi connectivity index (χ3n) is 5.57. The second-order valence-corrected chi connectivity index (χ2v) is 9.86. The van der Waals surface area contributed by atoms with Crippen LogP contribution in [-0.4, -0.2) is 24.8 Å². The van der Waals surface area contributed by atoms with Crippen LogP contribution in [-0.2, 0) is 45.0 Å². The van der Waals surface area contributed by atoms with Gasteiger partial charge in [-0.25, -0.2) is 8.42 Å². The molecule has 37 heavy (non-hydrogen) atoms. The molecule has 1 aromatic rings. The fourth-order valence-corrected chi connectivity index (χ4v) is 5.68. The van der Waals surface area contributed by atoms with E-state index in [1.165, 1.54) is 19.3 Å². The van der Waals surface area contributed by atoms with Gasteiger partial charge in [-0.05, 0) is 76.8 Å². The van der Waals surface area contributed by atoms with Crippen molar-refractivity contribution in [3.05, 3.63) is 88.3 Å². The van der Waals surface area contributed by atoms with Gasteiger partial charge in [-0.3, -0.25) is 0 Å². The van der Waals surface area contributed by atoms with Gasteiger partial charge in [0.1, 0.15) is 0 Å². The molecule has 1 aliphatic heterocycles. The Morgan fingerprint density at radius 1 is 0.784 bits per heavy atom. The van der Waals surface area contributed by atoms with E-state index in [0.717, 1.165) is 37.7 Å². The topological polar surface area (TPSA) is 96.8 Å². The van der Waals surface area contributed by atoms with Crippen LogP contribution in [0.2, 0.25) is 0 Å². The zero-order valence-corrected chi connectivity index (χ0v) is 25.3. The number of hydrogen-bond donors (Lipinski definition) is 0. The predicted octanol–water partition coefficient (Wildman–Crippen LogP) is 5.76. The van der Waals surface area contributed by atoms with E-state index in [0.29, 0.717) is 11.3 Å². The standard InChI is InChI=1S/C21H30NO2S.C5H5.3CO.W/c1-4-6-8-10-12-20-21(13-11-9-7-5-2)22(20)25(23,24)19-16-14-18(3)15-17-19;1-2-4-5-3-1;3*1-2;/h14-17,20-21H,4,6-13H2,1,3H3;1-5H;;;;/q-1;;;;;+2/t20-,21-,22?;;;;;/m0...../s1. The van der Waals surface area contributed by atoms with Crippen molar-refractivity contribution < 1.29 is 43.4 Å². The molecule has 3 rings (SSSR count). The van der Waals surface area contributed by atoms with Gasteiger partial charge in [0.2, 0.25) is 10.0 Å². The fraction of sp³-hybridized carbons (Fsp3) is 0.448. The van der Waals surface area contributed by atoms with Crippen molar-refractivity contribution >= 4 is 10.0 Å². The minimum absolute atomic E-state index is 0. The monoisotopic (exact) mass is 693 g/mol. The first kappa shape index (κ1) is 40.1. The summed E-state index contributed by atoms with van der Waals surface area (Å²) < 4.78 is 50.2. The van der Waals surface area contributed by atoms with E-state index in [-0.39, 0.29) is 33.1 Å². The minimum Gasteiger partial charge on any atom is -0.0312 e. The van der Waals surface area contributed by atoms with E-state index in [2.05, 4.69) is 32.8 Å². The molecule has 6 nitrogen and oxygen atoms in total. The second kappa shape index (κ2) is 26.2. The van der Waals surface area contributed by atoms with Crippen molar-refractivity contribution in [2.45, 2.75) is 88.6 Å². The number of aryl methyl sites for hydroxylation is 1. The van der Waals surface area contributed by atoms with Crippen LogP contribution in [0.25, 0.3) is 0 Å². The Morgan fingerprint density at radius 3 is 1.62 bits per heavy atom. The first-order chi connectivity index (χ1) is 17.5. The molecule has 1 heterocycles. The maximum Gasteiger partial charge on any atom is 2.00 e. The number of rotatable bonds is 11. The summed E-state index contributed by atoms with van der Waals surface area (Å²) >= 11 is 0. The average molecular weight is 694 g/mol. The van der Waals surface area contributed by atoms with Crippen LogP contribution in [0.5, 0.6) is 0 Å². The molecule has 197 valence electrons. The predicted molar refractivity (Wildman–Crippen MR) is 135 cm³/mol. The normalized spacial score (nSPS) is 18.6. The quantitative estimate of drug-likeness (QED) is 0.0969. The van der Waals surface area contributed by atoms with Crippen molar-refractivity contribution in [1.29, 1.82) is 0 Å². The molecule has 0 bridgehead atoms. The third-order valence-corrected chi connectivity index (χ3v) is 7.53. The molecule has 1 saturated heterocycles. The molecule has 2 fully saturated rings. The van der Waals surface area contributed by atoms with Gasteiger partial charge in [0.05, 0.1) is 4.90 Å². The molecule has 5 radical (unpaired) electrons. The summed E-state index contributed by atoms with van der Waals surface area (Å²) in [6.45, 7) is 17.7. The summed E-state index contributed by atoms with van der Waals surface area (Å²) in [6, 6.07) is 7.46. The first-order valence-electron chi connectivity index (χ1n) is 11.8. The molecule has 1 saturated carbocycles. The van der Waals surface area contributed by atoms with Gasteiger partial charge in [-0.2, -0.15) is 4.31 Å². The molecule has 2 aliphatic rings. The molecule has 1 aliphatic carbocycles. The van der Waals surface area contributed by atoms with E-state index in [4.69, 9.17) is 20.4 Å². The molecular formula is C29H35NO5SW+. The molecule has 1 unspecified atom stereocenters. The zero-order valence-electron chi connectivity index (χ0n) is 21.5. The van der Waals surface area contributed by atoms with Crippen LogP contribution in [0.1, 0.15) is 70.3 Å². The van der Waals surface area contributed by atoms with Gasteiger partial charge in [-0.15, -0.1) is 0 Å². The van der Waals surface area contributed by atoms with Gasteiger partial charge in [-0.1, -0.05) is 56.7 Å². The number of nitrogens with zero attached hydrogens (tertiary/aromatic N) is 1. The molecule has 0 aromatic heterocycles. The van der Waals surface area contributed by atoms with E-state index in [1.807, 2.05) is 51.2 Å². The Morgan fingerprint density at radius 2 is 1.22 bits per heavy atom. The molecule has 0 amide bonds. The summed E-state index contributed by atoms with van der Waals surface area (Å²) in [5.74, 6) is 2.41. The number of hydrogen-bond acceptors (Lipinski definition) is 2. The molecule has 1 aromatic carbocycles. The SMILES string of the molecule is [C-]#CCCCC[C@H]1[C@H](CCCCCC)N1S(=O)(=O)c1ccc(C)cc1.[C-]#[O+].[C-]#[O+].[C-]#[O+].[CH]1[CH][CH][CH][CH]1.[W+2]. The van der Waals surface area contributed by atoms with E-state index in [9.17, 15) is 8.42 Å². The van der Waals surface area contributed by atoms with Crippen molar-refractivity contribution in [2.24, 2.45) is 0 Å². The Hall–Kier alpha value is -1.40. The van der Waals surface area contributed by atoms with Crippen LogP contribution in [0.3, 0.4) is 0 Å². The Bertz CT molecular complexity index is 862. The molecule has 3 atom stereocenters. The van der Waals surface area contributed by atoms with Crippen LogP contribution in [0.4, 0.5) is 0 Å². The van der Waals surface area contributed by atoms with Crippen molar-refractivity contribution in [2.75, 3.05) is 0 Å². The van der Waals surface area contributed by atoms with E-state index >= 15 is 0 Å². The smallest absolute Gasteiger partial charge is 0.0312 e. The maximum atomic E-state index is 13.0. The minimum atomic E-state index is -3.39. The largest absolute Gasteiger partial charge is 2.00 e. The van der Waals surface area contributed by atoms with Crippen molar-refractivity contribution in [1.82, 2.24) is 4.31 Å². The van der Waals surface area contributed by atoms with Crippen molar-refractivity contribution in [3.8, 4) is 5.92 Å². The average Bonchev–Trinajstić information content (AvgIpc) is 3.29. The van der Waals surface area contributed by atoms with Gasteiger partial charge in [0.25, 0.3) is 0 Å². The van der Waals surface area contributed by atoms with Gasteiger partial charge < -0.3 is 12.3 Å². The van der Waals surface area contributed by atoms with Crippen LogP contribution in [0, 0.1) is 71.3 Å². The summed E-state index contributed by atoms with van der Waals surface area (Å²) in [6.07, 6.45) is 26.1. The van der Waals surface area contributed by atoms with Gasteiger partial charge >= 0.3 is 55.0 Å². The Kier molecular flexibility index (Phi) is 28.4. The second-order valence-electron chi connectivity index (χ2n) is 8.02. The van der Waals surface area contributed by atoms with Crippen LogP contribution in [0.15, 0.2) is 29.2 Å². The maximum absolute atomic E-state index is 13.0. The Balaban J connectivity index is -0.000000819. The molecular weight excluding hydrogens is 658 g/mol. The van der Waals surface area contributed by atoms with Gasteiger partial charge in [0, 0.05) is 12.1 Å². The number of unbranched alkanes of at least 4 members (excludes halogenated alkanes) is 5. The summed E-state index contributed by atoms with van der Waals surface area (Å²) in [5, 5.41) is 0. The number of benzene rings is 1. The van der Waals surface area contributed by atoms with Crippen molar-refractivity contribution in [3.63, 3.8) is 0 Å². The Labute approximate surface area is 239 Å². The van der Waals surface area contributed by atoms with E-state index < -0.39 is 10.0 Å². The van der Waals surface area contributed by atoms with Crippen LogP contribution < -0.4 is 0 Å². The third kappa shape index (κ3) is 16.2. The van der Waals surface area contributed by atoms with Gasteiger partial charge in [0.15, 0.2) is 0 Å². The summed E-state index contributed by atoms with van der Waals surface area (Å²) in [5.41, 5.74) is 1.07. The summed E-state index contributed by atoms with van der Waals surface area (Å²) in [4.78, 5) is 0.409.